The lowest BCUT2D eigenvalue weighted by atomic mass is 10.0. The summed E-state index contributed by atoms with van der Waals surface area (Å²) in [5.41, 5.74) is 10.0. The van der Waals surface area contributed by atoms with Crippen LogP contribution in [0, 0.1) is 0 Å². The number of nitrogens with zero attached hydrogens (tertiary/aromatic N) is 4. The molecule has 0 aliphatic rings. The van der Waals surface area contributed by atoms with Crippen LogP contribution in [0.5, 0.6) is 0 Å². The zero-order valence-electron chi connectivity index (χ0n) is 30.4. The molecule has 0 aliphatic heterocycles. The fraction of sp³-hybridized carbons (Fsp3) is 0. The summed E-state index contributed by atoms with van der Waals surface area (Å²) in [6.07, 6.45) is 0. The van der Waals surface area contributed by atoms with Crippen LogP contribution in [0.3, 0.4) is 0 Å². The summed E-state index contributed by atoms with van der Waals surface area (Å²) in [4.78, 5) is 15.3. The zero-order valence-corrected chi connectivity index (χ0v) is 31.2. The monoisotopic (exact) mass is 746 g/mol. The van der Waals surface area contributed by atoms with Crippen molar-refractivity contribution in [2.75, 3.05) is 0 Å². The smallest absolute Gasteiger partial charge is 0.164 e. The van der Waals surface area contributed by atoms with E-state index in [1.54, 1.807) is 0 Å². The number of benzene rings is 8. The number of thiophene rings is 1. The van der Waals surface area contributed by atoms with Crippen LogP contribution in [-0.2, 0) is 0 Å². The normalized spacial score (nSPS) is 11.9. The van der Waals surface area contributed by atoms with Crippen LogP contribution in [0.1, 0.15) is 0 Å². The highest BCUT2D eigenvalue weighted by Crippen LogP contribution is 2.44. The number of rotatable bonds is 5. The topological polar surface area (TPSA) is 56.7 Å². The van der Waals surface area contributed by atoms with Gasteiger partial charge in [-0.15, -0.1) is 11.3 Å². The van der Waals surface area contributed by atoms with Gasteiger partial charge in [-0.3, -0.25) is 0 Å². The van der Waals surface area contributed by atoms with E-state index in [4.69, 9.17) is 19.4 Å². The molecular weight excluding hydrogens is 717 g/mol. The molecule has 0 fully saturated rings. The molecule has 0 saturated carbocycles. The summed E-state index contributed by atoms with van der Waals surface area (Å²) in [6.45, 7) is 0. The molecule has 5 nitrogen and oxygen atoms in total. The molecule has 0 radical (unpaired) electrons. The fourth-order valence-electron chi connectivity index (χ4n) is 8.44. The number of furan rings is 1. The summed E-state index contributed by atoms with van der Waals surface area (Å²) in [5, 5.41) is 7.09. The Morgan fingerprint density at radius 2 is 1.05 bits per heavy atom. The van der Waals surface area contributed by atoms with E-state index in [1.807, 2.05) is 59.9 Å². The van der Waals surface area contributed by atoms with Crippen molar-refractivity contribution in [3.63, 3.8) is 0 Å². The van der Waals surface area contributed by atoms with Crippen molar-refractivity contribution in [2.24, 2.45) is 0 Å². The quantitative estimate of drug-likeness (QED) is 0.176. The Kier molecular flexibility index (Phi) is 7.03. The van der Waals surface area contributed by atoms with E-state index >= 15 is 0 Å². The largest absolute Gasteiger partial charge is 0.456 e. The predicted molar refractivity (Wildman–Crippen MR) is 236 cm³/mol. The molecule has 0 amide bonds. The van der Waals surface area contributed by atoms with E-state index in [-0.39, 0.29) is 0 Å². The number of hydrogen-bond acceptors (Lipinski definition) is 5. The van der Waals surface area contributed by atoms with E-state index in [2.05, 4.69) is 138 Å². The molecule has 0 unspecified atom stereocenters. The number of fused-ring (bicyclic) bond motifs is 10. The van der Waals surface area contributed by atoms with Gasteiger partial charge < -0.3 is 8.98 Å². The first kappa shape index (κ1) is 31.9. The van der Waals surface area contributed by atoms with Crippen molar-refractivity contribution >= 4 is 75.3 Å². The van der Waals surface area contributed by atoms with Gasteiger partial charge in [-0.1, -0.05) is 140 Å². The van der Waals surface area contributed by atoms with Gasteiger partial charge in [0.25, 0.3) is 0 Å². The number of aromatic nitrogens is 4. The van der Waals surface area contributed by atoms with E-state index in [9.17, 15) is 0 Å². The van der Waals surface area contributed by atoms with Crippen LogP contribution in [0.2, 0.25) is 0 Å². The van der Waals surface area contributed by atoms with Crippen molar-refractivity contribution < 1.29 is 4.42 Å². The van der Waals surface area contributed by atoms with E-state index in [1.165, 1.54) is 36.5 Å². The molecule has 266 valence electrons. The maximum atomic E-state index is 6.56. The Labute approximate surface area is 330 Å². The molecule has 0 N–H and O–H groups in total. The molecule has 12 aromatic rings. The number of hydrogen-bond donors (Lipinski definition) is 0. The second-order valence-electron chi connectivity index (χ2n) is 14.4. The maximum Gasteiger partial charge on any atom is 0.164 e. The summed E-state index contributed by atoms with van der Waals surface area (Å²) < 4.78 is 11.6. The number of para-hydroxylation sites is 1. The van der Waals surface area contributed by atoms with Gasteiger partial charge in [0, 0.05) is 64.1 Å². The molecule has 4 aromatic heterocycles. The standard InChI is InChI=1S/C51H30N4OS/c1-3-12-31(13-4-1)32-22-24-34(25-23-32)50-52-49(33-14-5-2-6-15-33)53-51(54-50)39-18-11-20-44-46(39)40-30-35(26-29-43(40)56-44)55-41-19-9-7-17-38(41)47-42(55)28-27-37-36-16-8-10-21-45(36)57-48(37)47/h1-30H. The average Bonchev–Trinajstić information content (AvgIpc) is 3.96. The Balaban J connectivity index is 1.06. The second-order valence-corrected chi connectivity index (χ2v) is 15.4. The van der Waals surface area contributed by atoms with Crippen molar-refractivity contribution in [1.29, 1.82) is 0 Å². The maximum absolute atomic E-state index is 6.56. The lowest BCUT2D eigenvalue weighted by Gasteiger charge is -2.10. The van der Waals surface area contributed by atoms with Gasteiger partial charge in [-0.2, -0.15) is 0 Å². The second kappa shape index (κ2) is 12.6. The first-order chi connectivity index (χ1) is 28.2. The van der Waals surface area contributed by atoms with Crippen LogP contribution >= 0.6 is 11.3 Å². The lowest BCUT2D eigenvalue weighted by Crippen LogP contribution is -2.00. The van der Waals surface area contributed by atoms with Crippen LogP contribution in [0.4, 0.5) is 0 Å². The highest BCUT2D eigenvalue weighted by atomic mass is 32.1. The summed E-state index contributed by atoms with van der Waals surface area (Å²) >= 11 is 1.87. The van der Waals surface area contributed by atoms with E-state index < -0.39 is 0 Å². The molecule has 0 spiro atoms. The van der Waals surface area contributed by atoms with Crippen molar-refractivity contribution in [2.45, 2.75) is 0 Å². The van der Waals surface area contributed by atoms with Gasteiger partial charge in [0.1, 0.15) is 11.2 Å². The zero-order chi connectivity index (χ0) is 37.5. The first-order valence-electron chi connectivity index (χ1n) is 19.0. The molecule has 0 bridgehead atoms. The van der Waals surface area contributed by atoms with Gasteiger partial charge >= 0.3 is 0 Å². The molecule has 0 saturated heterocycles. The van der Waals surface area contributed by atoms with Crippen molar-refractivity contribution in [3.8, 4) is 51.0 Å². The Hall–Kier alpha value is -7.41. The molecule has 57 heavy (non-hydrogen) atoms. The molecule has 8 aromatic carbocycles. The molecule has 6 heteroatoms. The van der Waals surface area contributed by atoms with Gasteiger partial charge in [0.2, 0.25) is 0 Å². The third kappa shape index (κ3) is 5.04. The minimum atomic E-state index is 0.591. The van der Waals surface area contributed by atoms with Crippen molar-refractivity contribution in [1.82, 2.24) is 19.5 Å². The highest BCUT2D eigenvalue weighted by molar-refractivity contribution is 7.26. The molecule has 12 rings (SSSR count). The van der Waals surface area contributed by atoms with Gasteiger partial charge in [-0.05, 0) is 53.6 Å². The Morgan fingerprint density at radius 3 is 1.86 bits per heavy atom. The Bertz CT molecular complexity index is 3510. The summed E-state index contributed by atoms with van der Waals surface area (Å²) in [5.74, 6) is 1.82. The minimum Gasteiger partial charge on any atom is -0.456 e. The van der Waals surface area contributed by atoms with E-state index in [0.29, 0.717) is 17.5 Å². The average molecular weight is 747 g/mol. The highest BCUT2D eigenvalue weighted by Gasteiger charge is 2.21. The van der Waals surface area contributed by atoms with Crippen LogP contribution in [-0.4, -0.2) is 19.5 Å². The van der Waals surface area contributed by atoms with Crippen molar-refractivity contribution in [3.05, 3.63) is 182 Å². The van der Waals surface area contributed by atoms with Gasteiger partial charge in [0.15, 0.2) is 17.5 Å². The van der Waals surface area contributed by atoms with Crippen LogP contribution < -0.4 is 0 Å². The van der Waals surface area contributed by atoms with Crippen LogP contribution in [0.15, 0.2) is 186 Å². The summed E-state index contributed by atoms with van der Waals surface area (Å²) in [6, 6.07) is 63.6. The molecular formula is C51H30N4OS. The predicted octanol–water partition coefficient (Wildman–Crippen LogP) is 13.9. The van der Waals surface area contributed by atoms with Gasteiger partial charge in [-0.25, -0.2) is 15.0 Å². The Morgan fingerprint density at radius 1 is 0.404 bits per heavy atom. The molecule has 0 aliphatic carbocycles. The van der Waals surface area contributed by atoms with Gasteiger partial charge in [0.05, 0.1) is 11.0 Å². The summed E-state index contributed by atoms with van der Waals surface area (Å²) in [7, 11) is 0. The first-order valence-corrected chi connectivity index (χ1v) is 19.8. The fourth-order valence-corrected chi connectivity index (χ4v) is 9.70. The molecule has 0 atom stereocenters. The third-order valence-electron chi connectivity index (χ3n) is 11.1. The minimum absolute atomic E-state index is 0.591. The van der Waals surface area contributed by atoms with E-state index in [0.717, 1.165) is 61.0 Å². The van der Waals surface area contributed by atoms with Crippen LogP contribution in [0.25, 0.3) is 115 Å². The third-order valence-corrected chi connectivity index (χ3v) is 12.3. The molecule has 4 heterocycles. The lowest BCUT2D eigenvalue weighted by molar-refractivity contribution is 0.669. The SMILES string of the molecule is c1ccc(-c2ccc(-c3nc(-c4ccccc4)nc(-c4cccc5oc6ccc(-n7c8ccccc8c8c9sc%10ccccc%10c9ccc87)cc6c45)n3)cc2)cc1.